The fourth-order valence-corrected chi connectivity index (χ4v) is 3.43. The fourth-order valence-electron chi connectivity index (χ4n) is 3.20. The lowest BCUT2D eigenvalue weighted by Gasteiger charge is -2.34. The Hall–Kier alpha value is -2.31. The van der Waals surface area contributed by atoms with Gasteiger partial charge in [-0.3, -0.25) is 9.97 Å². The minimum Gasteiger partial charge on any atom is -0.386 e. The van der Waals surface area contributed by atoms with Crippen molar-refractivity contribution in [3.63, 3.8) is 0 Å². The summed E-state index contributed by atoms with van der Waals surface area (Å²) < 4.78 is 0. The average molecular weight is 387 g/mol. The van der Waals surface area contributed by atoms with Gasteiger partial charge in [0.1, 0.15) is 0 Å². The van der Waals surface area contributed by atoms with Gasteiger partial charge in [0.2, 0.25) is 0 Å². The van der Waals surface area contributed by atoms with Crippen LogP contribution in [0.1, 0.15) is 19.4 Å². The first kappa shape index (κ1) is 19.5. The largest absolute Gasteiger partial charge is 0.386 e. The first-order valence-corrected chi connectivity index (χ1v) is 9.92. The van der Waals surface area contributed by atoms with Gasteiger partial charge in [0.25, 0.3) is 0 Å². The number of nitrogens with one attached hydrogen (secondary N) is 3. The van der Waals surface area contributed by atoms with E-state index in [-0.39, 0.29) is 0 Å². The van der Waals surface area contributed by atoms with Crippen LogP contribution in [0.25, 0.3) is 11.0 Å². The Morgan fingerprint density at radius 1 is 1.11 bits per heavy atom. The molecule has 7 heteroatoms. The third-order valence-corrected chi connectivity index (χ3v) is 4.85. The molecule has 1 aromatic heterocycles. The van der Waals surface area contributed by atoms with Crippen molar-refractivity contribution in [1.29, 1.82) is 0 Å². The number of nitrogens with zero attached hydrogens (tertiary/aromatic N) is 3. The molecule has 6 nitrogen and oxygen atoms in total. The minimum atomic E-state index is 0.641. The predicted molar refractivity (Wildman–Crippen MR) is 111 cm³/mol. The van der Waals surface area contributed by atoms with Crippen molar-refractivity contribution in [1.82, 2.24) is 30.8 Å². The summed E-state index contributed by atoms with van der Waals surface area (Å²) in [7, 11) is 0. The van der Waals surface area contributed by atoms with E-state index in [1.165, 1.54) is 5.70 Å². The number of hydrogen-bond donors (Lipinski definition) is 3. The summed E-state index contributed by atoms with van der Waals surface area (Å²) >= 11 is 6.43. The fraction of sp³-hybridized carbons (Fsp3) is 0.400. The Morgan fingerprint density at radius 2 is 1.81 bits per heavy atom. The third kappa shape index (κ3) is 4.70. The Labute approximate surface area is 165 Å². The zero-order valence-corrected chi connectivity index (χ0v) is 16.7. The molecule has 0 unspecified atom stereocenters. The van der Waals surface area contributed by atoms with E-state index in [1.807, 2.05) is 32.2 Å². The van der Waals surface area contributed by atoms with Crippen LogP contribution in [-0.4, -0.2) is 47.6 Å². The van der Waals surface area contributed by atoms with Gasteiger partial charge >= 0.3 is 0 Å². The molecule has 1 saturated heterocycles. The molecule has 0 aliphatic carbocycles. The van der Waals surface area contributed by atoms with Crippen LogP contribution in [0, 0.1) is 0 Å². The second-order valence-corrected chi connectivity index (χ2v) is 6.54. The van der Waals surface area contributed by atoms with Crippen molar-refractivity contribution in [2.24, 2.45) is 0 Å². The summed E-state index contributed by atoms with van der Waals surface area (Å²) in [4.78, 5) is 11.1. The lowest BCUT2D eigenvalue weighted by molar-refractivity contribution is 0.298. The molecule has 0 atom stereocenters. The van der Waals surface area contributed by atoms with Gasteiger partial charge in [-0.05, 0) is 23.8 Å². The van der Waals surface area contributed by atoms with Crippen molar-refractivity contribution in [2.45, 2.75) is 20.4 Å². The molecule has 0 amide bonds. The van der Waals surface area contributed by atoms with Gasteiger partial charge in [0.15, 0.2) is 0 Å². The number of rotatable bonds is 4. The zero-order chi connectivity index (χ0) is 19.1. The summed E-state index contributed by atoms with van der Waals surface area (Å²) in [5.41, 5.74) is 5.05. The molecular weight excluding hydrogens is 360 g/mol. The van der Waals surface area contributed by atoms with E-state index in [9.17, 15) is 0 Å². The molecule has 0 saturated carbocycles. The number of halogens is 1. The van der Waals surface area contributed by atoms with Crippen LogP contribution < -0.4 is 16.0 Å². The van der Waals surface area contributed by atoms with E-state index in [0.29, 0.717) is 11.6 Å². The third-order valence-electron chi connectivity index (χ3n) is 4.50. The maximum atomic E-state index is 6.43. The highest BCUT2D eigenvalue weighted by atomic mass is 35.5. The zero-order valence-electron chi connectivity index (χ0n) is 15.9. The molecule has 2 aliphatic rings. The highest BCUT2D eigenvalue weighted by Crippen LogP contribution is 2.23. The topological polar surface area (TPSA) is 65.1 Å². The summed E-state index contributed by atoms with van der Waals surface area (Å²) in [5, 5.41) is 10.9. The predicted octanol–water partition coefficient (Wildman–Crippen LogP) is 2.63. The van der Waals surface area contributed by atoms with E-state index < -0.39 is 0 Å². The van der Waals surface area contributed by atoms with Crippen LogP contribution >= 0.6 is 11.6 Å². The highest BCUT2D eigenvalue weighted by molar-refractivity contribution is 6.32. The molecule has 144 valence electrons. The number of piperazine rings is 1. The summed E-state index contributed by atoms with van der Waals surface area (Å²) in [6.45, 7) is 9.59. The lowest BCUT2D eigenvalue weighted by atomic mass is 10.1. The Balaban J connectivity index is 0.00000102. The number of dihydropyridines is 1. The molecular formula is C20H27ClN6. The standard InChI is InChI=1S/C18H21ClN6.C2H6/c19-14-10-16-15(22-3-4-23-16)9-13(14)11-24-17-12-21-2-1-18(17)25-7-5-20-6-8-25;1-2/h1,3-4,9-10,12,20-21,24H,2,5-8,11H2;1-2H3. The Kier molecular flexibility index (Phi) is 6.90. The van der Waals surface area contributed by atoms with Crippen molar-refractivity contribution in [3.05, 3.63) is 58.8 Å². The Bertz CT molecular complexity index is 826. The number of benzene rings is 1. The van der Waals surface area contributed by atoms with Gasteiger partial charge in [-0.2, -0.15) is 0 Å². The van der Waals surface area contributed by atoms with Crippen LogP contribution in [0.4, 0.5) is 0 Å². The lowest BCUT2D eigenvalue weighted by Crippen LogP contribution is -2.45. The molecule has 4 rings (SSSR count). The molecule has 2 aromatic rings. The highest BCUT2D eigenvalue weighted by Gasteiger charge is 2.18. The molecule has 0 radical (unpaired) electrons. The molecule has 3 heterocycles. The number of aromatic nitrogens is 2. The van der Waals surface area contributed by atoms with Crippen LogP contribution in [0.2, 0.25) is 5.02 Å². The van der Waals surface area contributed by atoms with Crippen LogP contribution in [0.15, 0.2) is 48.2 Å². The van der Waals surface area contributed by atoms with Crippen molar-refractivity contribution >= 4 is 22.6 Å². The second-order valence-electron chi connectivity index (χ2n) is 6.13. The molecule has 27 heavy (non-hydrogen) atoms. The molecule has 1 fully saturated rings. The van der Waals surface area contributed by atoms with Crippen LogP contribution in [-0.2, 0) is 6.54 Å². The van der Waals surface area contributed by atoms with Crippen LogP contribution in [0.5, 0.6) is 0 Å². The van der Waals surface area contributed by atoms with Crippen LogP contribution in [0.3, 0.4) is 0 Å². The smallest absolute Gasteiger partial charge is 0.0901 e. The summed E-state index contributed by atoms with van der Waals surface area (Å²) in [6, 6.07) is 3.88. The monoisotopic (exact) mass is 386 g/mol. The average Bonchev–Trinajstić information content (AvgIpc) is 2.74. The minimum absolute atomic E-state index is 0.641. The molecule has 0 spiro atoms. The van der Waals surface area contributed by atoms with Crippen molar-refractivity contribution in [3.8, 4) is 0 Å². The second kappa shape index (κ2) is 9.58. The Morgan fingerprint density at radius 3 is 2.56 bits per heavy atom. The molecule has 2 aliphatic heterocycles. The van der Waals surface area contributed by atoms with E-state index in [0.717, 1.165) is 55.0 Å². The van der Waals surface area contributed by atoms with Gasteiger partial charge in [-0.1, -0.05) is 25.4 Å². The van der Waals surface area contributed by atoms with Gasteiger partial charge in [0.05, 0.1) is 22.4 Å². The molecule has 3 N–H and O–H groups in total. The summed E-state index contributed by atoms with van der Waals surface area (Å²) in [5.74, 6) is 0. The number of fused-ring (bicyclic) bond motifs is 1. The molecule has 1 aromatic carbocycles. The van der Waals surface area contributed by atoms with Crippen molar-refractivity contribution < 1.29 is 0 Å². The first-order valence-electron chi connectivity index (χ1n) is 9.54. The van der Waals surface area contributed by atoms with Crippen molar-refractivity contribution in [2.75, 3.05) is 32.7 Å². The van der Waals surface area contributed by atoms with E-state index in [2.05, 4.69) is 36.9 Å². The molecule has 0 bridgehead atoms. The first-order chi connectivity index (χ1) is 13.3. The quantitative estimate of drug-likeness (QED) is 0.750. The normalized spacial score (nSPS) is 16.6. The summed E-state index contributed by atoms with van der Waals surface area (Å²) in [6.07, 6.45) is 7.67. The SMILES string of the molecule is CC.Clc1cc2nccnc2cc1CNC1=CNCC=C1N1CCNCC1. The van der Waals surface area contributed by atoms with Gasteiger partial charge in [0, 0.05) is 62.9 Å². The van der Waals surface area contributed by atoms with Gasteiger partial charge < -0.3 is 20.9 Å². The van der Waals surface area contributed by atoms with E-state index in [4.69, 9.17) is 11.6 Å². The van der Waals surface area contributed by atoms with E-state index in [1.54, 1.807) is 12.4 Å². The van der Waals surface area contributed by atoms with Gasteiger partial charge in [-0.25, -0.2) is 0 Å². The maximum absolute atomic E-state index is 6.43. The van der Waals surface area contributed by atoms with Gasteiger partial charge in [-0.15, -0.1) is 0 Å². The van der Waals surface area contributed by atoms with E-state index >= 15 is 0 Å². The maximum Gasteiger partial charge on any atom is 0.0901 e. The number of hydrogen-bond acceptors (Lipinski definition) is 6.